The first-order valence-corrected chi connectivity index (χ1v) is 10.4. The van der Waals surface area contributed by atoms with E-state index >= 15 is 0 Å². The summed E-state index contributed by atoms with van der Waals surface area (Å²) in [6.45, 7) is 2.78. The van der Waals surface area contributed by atoms with E-state index in [1.165, 1.54) is 0 Å². The van der Waals surface area contributed by atoms with Crippen LogP contribution in [0.3, 0.4) is 0 Å². The number of halogens is 1. The van der Waals surface area contributed by atoms with E-state index in [1.54, 1.807) is 24.3 Å². The summed E-state index contributed by atoms with van der Waals surface area (Å²) in [6, 6.07) is 24.6. The summed E-state index contributed by atoms with van der Waals surface area (Å²) in [5.74, 6) is -0.191. The van der Waals surface area contributed by atoms with Crippen LogP contribution in [0.4, 0.5) is 11.4 Å². The van der Waals surface area contributed by atoms with Crippen LogP contribution in [-0.2, 0) is 0 Å². The number of amides is 1. The Balaban J connectivity index is 1.59. The van der Waals surface area contributed by atoms with E-state index in [4.69, 9.17) is 16.6 Å². The van der Waals surface area contributed by atoms with Gasteiger partial charge < -0.3 is 9.62 Å². The van der Waals surface area contributed by atoms with Crippen LogP contribution in [0.15, 0.2) is 78.9 Å². The van der Waals surface area contributed by atoms with Gasteiger partial charge in [-0.15, -0.1) is 0 Å². The normalized spacial score (nSPS) is 10.8. The summed E-state index contributed by atoms with van der Waals surface area (Å²) in [6.07, 6.45) is 0. The van der Waals surface area contributed by atoms with E-state index in [-0.39, 0.29) is 5.91 Å². The van der Waals surface area contributed by atoms with Gasteiger partial charge in [0.15, 0.2) is 0 Å². The van der Waals surface area contributed by atoms with E-state index in [0.717, 1.165) is 34.4 Å². The number of pyridine rings is 1. The number of para-hydroxylation sites is 1. The molecule has 6 heteroatoms. The zero-order valence-electron chi connectivity index (χ0n) is 16.3. The number of hydrogen-bond donors (Lipinski definition) is 2. The molecule has 1 N–H and O–H groups in total. The minimum atomic E-state index is -0.191. The lowest BCUT2D eigenvalue weighted by Crippen LogP contribution is -2.13. The number of carbonyl (C=O) groups is 1. The average molecular weight is 434 g/mol. The summed E-state index contributed by atoms with van der Waals surface area (Å²) in [4.78, 5) is 17.4. The number of thiol groups is 1. The predicted molar refractivity (Wildman–Crippen MR) is 129 cm³/mol. The molecule has 150 valence electrons. The fourth-order valence-corrected chi connectivity index (χ4v) is 3.53. The molecule has 1 amide bonds. The Morgan fingerprint density at radius 3 is 2.57 bits per heavy atom. The smallest absolute Gasteiger partial charge is 0.255 e. The standard InChI is InChI=1S/C24H20ClN3OS/c1-2-28(30)19-11-7-17(8-12-19)24(29)26-18-10-13-21(25)20(15-18)23-14-9-16-5-3-4-6-22(16)27-23/h3-15,30H,2H2,1H3,(H,26,29). The highest BCUT2D eigenvalue weighted by Gasteiger charge is 2.11. The van der Waals surface area contributed by atoms with Gasteiger partial charge in [0.25, 0.3) is 5.91 Å². The Kier molecular flexibility index (Phi) is 5.93. The highest BCUT2D eigenvalue weighted by Crippen LogP contribution is 2.31. The maximum Gasteiger partial charge on any atom is 0.255 e. The van der Waals surface area contributed by atoms with Crippen molar-refractivity contribution < 1.29 is 4.79 Å². The second-order valence-corrected chi connectivity index (χ2v) is 7.69. The molecule has 0 aliphatic carbocycles. The first-order chi connectivity index (χ1) is 14.5. The van der Waals surface area contributed by atoms with Gasteiger partial charge in [0.2, 0.25) is 0 Å². The largest absolute Gasteiger partial charge is 0.322 e. The Morgan fingerprint density at radius 1 is 1.03 bits per heavy atom. The molecule has 1 aromatic heterocycles. The van der Waals surface area contributed by atoms with Crippen molar-refractivity contribution in [2.75, 3.05) is 16.2 Å². The van der Waals surface area contributed by atoms with E-state index in [0.29, 0.717) is 16.3 Å². The SMILES string of the molecule is CCN(S)c1ccc(C(=O)Nc2ccc(Cl)c(-c3ccc4ccccc4n3)c2)cc1. The Bertz CT molecular complexity index is 1210. The molecule has 0 radical (unpaired) electrons. The highest BCUT2D eigenvalue weighted by molar-refractivity contribution is 7.81. The van der Waals surface area contributed by atoms with Crippen molar-refractivity contribution in [1.29, 1.82) is 0 Å². The minimum Gasteiger partial charge on any atom is -0.322 e. The van der Waals surface area contributed by atoms with Crippen LogP contribution in [-0.4, -0.2) is 17.4 Å². The van der Waals surface area contributed by atoms with Gasteiger partial charge in [0.1, 0.15) is 0 Å². The lowest BCUT2D eigenvalue weighted by atomic mass is 10.1. The minimum absolute atomic E-state index is 0.191. The van der Waals surface area contributed by atoms with Crippen LogP contribution in [0.2, 0.25) is 5.02 Å². The third kappa shape index (κ3) is 4.27. The quantitative estimate of drug-likeness (QED) is 0.354. The summed E-state index contributed by atoms with van der Waals surface area (Å²) < 4.78 is 1.81. The van der Waals surface area contributed by atoms with Crippen LogP contribution in [0.5, 0.6) is 0 Å². The van der Waals surface area contributed by atoms with E-state index in [1.807, 2.05) is 65.8 Å². The maximum atomic E-state index is 12.7. The number of anilines is 2. The van der Waals surface area contributed by atoms with Crippen molar-refractivity contribution in [1.82, 2.24) is 4.98 Å². The number of fused-ring (bicyclic) bond motifs is 1. The van der Waals surface area contributed by atoms with Crippen LogP contribution in [0.1, 0.15) is 17.3 Å². The van der Waals surface area contributed by atoms with Crippen LogP contribution >= 0.6 is 24.4 Å². The van der Waals surface area contributed by atoms with Crippen molar-refractivity contribution in [2.45, 2.75) is 6.92 Å². The van der Waals surface area contributed by atoms with Gasteiger partial charge in [0.05, 0.1) is 16.2 Å². The Morgan fingerprint density at radius 2 is 1.80 bits per heavy atom. The molecule has 3 aromatic carbocycles. The number of nitrogens with one attached hydrogen (secondary N) is 1. The molecule has 0 bridgehead atoms. The van der Waals surface area contributed by atoms with Gasteiger partial charge in [-0.05, 0) is 61.5 Å². The van der Waals surface area contributed by atoms with Gasteiger partial charge in [-0.1, -0.05) is 48.7 Å². The second-order valence-electron chi connectivity index (χ2n) is 6.80. The number of aromatic nitrogens is 1. The molecule has 0 unspecified atom stereocenters. The van der Waals surface area contributed by atoms with Crippen molar-refractivity contribution in [3.05, 3.63) is 89.4 Å². The zero-order chi connectivity index (χ0) is 21.1. The summed E-state index contributed by atoms with van der Waals surface area (Å²) >= 11 is 10.8. The molecule has 4 aromatic rings. The maximum absolute atomic E-state index is 12.7. The Hall–Kier alpha value is -3.02. The fraction of sp³-hybridized carbons (Fsp3) is 0.0833. The molecule has 4 rings (SSSR count). The van der Waals surface area contributed by atoms with Crippen LogP contribution < -0.4 is 9.62 Å². The monoisotopic (exact) mass is 433 g/mol. The predicted octanol–water partition coefficient (Wildman–Crippen LogP) is 6.48. The fourth-order valence-electron chi connectivity index (χ4n) is 3.19. The first kappa shape index (κ1) is 20.3. The lowest BCUT2D eigenvalue weighted by Gasteiger charge is -2.15. The third-order valence-corrected chi connectivity index (χ3v) is 5.67. The lowest BCUT2D eigenvalue weighted by molar-refractivity contribution is 0.102. The molecular weight excluding hydrogens is 414 g/mol. The molecule has 0 spiro atoms. The van der Waals surface area contributed by atoms with Gasteiger partial charge >= 0.3 is 0 Å². The Labute approximate surface area is 186 Å². The molecule has 0 fully saturated rings. The highest BCUT2D eigenvalue weighted by atomic mass is 35.5. The van der Waals surface area contributed by atoms with Crippen molar-refractivity contribution in [2.24, 2.45) is 0 Å². The first-order valence-electron chi connectivity index (χ1n) is 9.58. The number of carbonyl (C=O) groups excluding carboxylic acids is 1. The zero-order valence-corrected chi connectivity index (χ0v) is 18.0. The molecule has 0 aliphatic heterocycles. The number of nitrogens with zero attached hydrogens (tertiary/aromatic N) is 2. The average Bonchev–Trinajstić information content (AvgIpc) is 2.79. The van der Waals surface area contributed by atoms with E-state index in [2.05, 4.69) is 18.1 Å². The van der Waals surface area contributed by atoms with Crippen LogP contribution in [0, 0.1) is 0 Å². The van der Waals surface area contributed by atoms with Crippen LogP contribution in [0.25, 0.3) is 22.2 Å². The van der Waals surface area contributed by atoms with Gasteiger partial charge in [-0.2, -0.15) is 0 Å². The summed E-state index contributed by atoms with van der Waals surface area (Å²) in [7, 11) is 0. The molecule has 4 nitrogen and oxygen atoms in total. The molecule has 30 heavy (non-hydrogen) atoms. The van der Waals surface area contributed by atoms with E-state index < -0.39 is 0 Å². The third-order valence-electron chi connectivity index (χ3n) is 4.83. The molecular formula is C24H20ClN3OS. The van der Waals surface area contributed by atoms with Gasteiger partial charge in [0, 0.05) is 34.4 Å². The van der Waals surface area contributed by atoms with E-state index in [9.17, 15) is 4.79 Å². The van der Waals surface area contributed by atoms with Gasteiger partial charge in [-0.25, -0.2) is 4.98 Å². The van der Waals surface area contributed by atoms with Crippen molar-refractivity contribution in [3.8, 4) is 11.3 Å². The number of hydrogen-bond acceptors (Lipinski definition) is 4. The second kappa shape index (κ2) is 8.78. The summed E-state index contributed by atoms with van der Waals surface area (Å²) in [5.41, 5.74) is 4.58. The van der Waals surface area contributed by atoms with Gasteiger partial charge in [-0.3, -0.25) is 4.79 Å². The molecule has 0 atom stereocenters. The molecule has 0 aliphatic rings. The topological polar surface area (TPSA) is 45.2 Å². The molecule has 1 heterocycles. The number of benzene rings is 3. The molecule has 0 saturated heterocycles. The van der Waals surface area contributed by atoms with Crippen molar-refractivity contribution in [3.63, 3.8) is 0 Å². The molecule has 0 saturated carbocycles. The van der Waals surface area contributed by atoms with Crippen molar-refractivity contribution >= 4 is 52.6 Å². The number of rotatable bonds is 5. The summed E-state index contributed by atoms with van der Waals surface area (Å²) in [5, 5.41) is 4.58.